The highest BCUT2D eigenvalue weighted by Gasteiger charge is 2.60. The van der Waals surface area contributed by atoms with E-state index in [1.165, 1.54) is 0 Å². The number of benzene rings is 1. The van der Waals surface area contributed by atoms with E-state index in [4.69, 9.17) is 35.0 Å². The van der Waals surface area contributed by atoms with Crippen LogP contribution in [0.1, 0.15) is 94.4 Å². The molecule has 1 aromatic carbocycles. The summed E-state index contributed by atoms with van der Waals surface area (Å²) in [6, 6.07) is 9.86. The fourth-order valence-electron chi connectivity index (χ4n) is 5.60. The maximum atomic E-state index is 11.5. The Bertz CT molecular complexity index is 1260. The maximum absolute atomic E-state index is 11.5. The van der Waals surface area contributed by atoms with Gasteiger partial charge < -0.3 is 28.5 Å². The Hall–Kier alpha value is -1.78. The summed E-state index contributed by atoms with van der Waals surface area (Å²) in [7, 11) is 0. The molecule has 7 nitrogen and oxygen atoms in total. The highest BCUT2D eigenvalue weighted by atomic mass is 35.5. The van der Waals surface area contributed by atoms with Crippen molar-refractivity contribution in [3.63, 3.8) is 0 Å². The minimum absolute atomic E-state index is 0.373. The van der Waals surface area contributed by atoms with E-state index in [-0.39, 0.29) is 6.10 Å². The first kappa shape index (κ1) is 32.6. The van der Waals surface area contributed by atoms with Crippen LogP contribution in [0.25, 0.3) is 10.6 Å². The second-order valence-corrected chi connectivity index (χ2v) is 13.3. The average molecular weight is 632 g/mol. The Balaban J connectivity index is 1.46. The highest BCUT2D eigenvalue weighted by molar-refractivity contribution is 7.15. The van der Waals surface area contributed by atoms with Crippen LogP contribution in [0.3, 0.4) is 0 Å². The zero-order chi connectivity index (χ0) is 30.2. The molecule has 43 heavy (non-hydrogen) atoms. The van der Waals surface area contributed by atoms with Crippen molar-refractivity contribution in [1.29, 1.82) is 0 Å². The SMILES string of the molecule is CCCCO[C@@H]1[C@@H](OCCCC)[C@H](c2ccc(Cl)c(Cc3ncc(-c4ccco4)s3)c2)O[C@H](C2(O)CC2)[C@H]1OCCCC. The number of hydrogen-bond donors (Lipinski definition) is 1. The molecule has 0 unspecified atom stereocenters. The van der Waals surface area contributed by atoms with E-state index in [1.54, 1.807) is 17.6 Å². The van der Waals surface area contributed by atoms with Gasteiger partial charge in [0.2, 0.25) is 0 Å². The third-order valence-corrected chi connectivity index (χ3v) is 9.69. The van der Waals surface area contributed by atoms with Crippen LogP contribution in [0.5, 0.6) is 0 Å². The molecule has 2 fully saturated rings. The molecule has 1 N–H and O–H groups in total. The van der Waals surface area contributed by atoms with Gasteiger partial charge in [-0.25, -0.2) is 4.98 Å². The van der Waals surface area contributed by atoms with E-state index in [0.29, 0.717) is 44.1 Å². The number of aromatic nitrogens is 1. The first-order chi connectivity index (χ1) is 21.0. The zero-order valence-corrected chi connectivity index (χ0v) is 27.2. The van der Waals surface area contributed by atoms with Crippen molar-refractivity contribution < 1.29 is 28.5 Å². The average Bonchev–Trinajstić information content (AvgIpc) is 3.36. The van der Waals surface area contributed by atoms with E-state index in [0.717, 1.165) is 65.3 Å². The lowest BCUT2D eigenvalue weighted by Crippen LogP contribution is -2.61. The van der Waals surface area contributed by atoms with Crippen molar-refractivity contribution in [3.05, 3.63) is 63.9 Å². The molecule has 0 amide bonds. The van der Waals surface area contributed by atoms with E-state index in [9.17, 15) is 5.11 Å². The number of thiazole rings is 1. The summed E-state index contributed by atoms with van der Waals surface area (Å²) >= 11 is 8.34. The van der Waals surface area contributed by atoms with E-state index in [2.05, 4.69) is 31.8 Å². The number of hydrogen-bond acceptors (Lipinski definition) is 8. The van der Waals surface area contributed by atoms with Crippen LogP contribution in [0.2, 0.25) is 5.02 Å². The minimum Gasteiger partial charge on any atom is -0.463 e. The molecule has 1 saturated carbocycles. The van der Waals surface area contributed by atoms with Crippen molar-refractivity contribution in [2.75, 3.05) is 19.8 Å². The molecule has 236 valence electrons. The van der Waals surface area contributed by atoms with Crippen molar-refractivity contribution in [3.8, 4) is 10.6 Å². The van der Waals surface area contributed by atoms with Crippen LogP contribution in [-0.2, 0) is 25.4 Å². The highest BCUT2D eigenvalue weighted by Crippen LogP contribution is 2.49. The number of rotatable bonds is 17. The Morgan fingerprint density at radius 2 is 1.63 bits per heavy atom. The second kappa shape index (κ2) is 15.5. The van der Waals surface area contributed by atoms with Gasteiger partial charge in [-0.15, -0.1) is 11.3 Å². The largest absolute Gasteiger partial charge is 0.463 e. The molecule has 3 heterocycles. The molecule has 2 aromatic heterocycles. The standard InChI is InChI=1S/C34H46ClNO6S/c1-4-7-16-39-30-29(42-33(34(37)14-15-34)32(41-18-9-6-3)31(30)40-17-8-5-2)23-12-13-25(35)24(20-23)21-28-36-22-27(43-28)26-11-10-19-38-26/h10-13,19-20,22,29-33,37H,4-9,14-18,21H2,1-3H3/t29-,30-,31+,32-,33-/m0/s1. The molecule has 5 atom stereocenters. The number of ether oxygens (including phenoxy) is 4. The summed E-state index contributed by atoms with van der Waals surface area (Å²) < 4.78 is 32.2. The molecule has 0 bridgehead atoms. The van der Waals surface area contributed by atoms with Crippen LogP contribution in [0.4, 0.5) is 0 Å². The first-order valence-electron chi connectivity index (χ1n) is 16.0. The fraction of sp³-hybridized carbons (Fsp3) is 0.618. The molecule has 3 aromatic rings. The van der Waals surface area contributed by atoms with Gasteiger partial charge in [0.25, 0.3) is 0 Å². The van der Waals surface area contributed by atoms with Gasteiger partial charge in [-0.05, 0) is 61.4 Å². The molecule has 1 saturated heterocycles. The monoisotopic (exact) mass is 631 g/mol. The summed E-state index contributed by atoms with van der Waals surface area (Å²) in [5, 5.41) is 13.1. The summed E-state index contributed by atoms with van der Waals surface area (Å²) in [5.41, 5.74) is 0.991. The van der Waals surface area contributed by atoms with E-state index in [1.807, 2.05) is 30.5 Å². The summed E-state index contributed by atoms with van der Waals surface area (Å²) in [6.07, 6.45) is 9.23. The summed E-state index contributed by atoms with van der Waals surface area (Å²) in [4.78, 5) is 5.62. The summed E-state index contributed by atoms with van der Waals surface area (Å²) in [6.45, 7) is 8.26. The van der Waals surface area contributed by atoms with Crippen LogP contribution in [0.15, 0.2) is 47.2 Å². The molecule has 0 radical (unpaired) electrons. The molecule has 5 rings (SSSR count). The molecule has 9 heteroatoms. The Labute approximate surface area is 264 Å². The van der Waals surface area contributed by atoms with Crippen LogP contribution in [-0.4, -0.2) is 59.9 Å². The molecule has 1 aliphatic carbocycles. The lowest BCUT2D eigenvalue weighted by molar-refractivity contribution is -0.280. The molecule has 1 aliphatic heterocycles. The quantitative estimate of drug-likeness (QED) is 0.150. The van der Waals surface area contributed by atoms with Gasteiger partial charge in [-0.3, -0.25) is 0 Å². The third-order valence-electron chi connectivity index (χ3n) is 8.31. The first-order valence-corrected chi connectivity index (χ1v) is 17.2. The number of furan rings is 1. The topological polar surface area (TPSA) is 83.2 Å². The number of nitrogens with zero attached hydrogens (tertiary/aromatic N) is 1. The van der Waals surface area contributed by atoms with Crippen molar-refractivity contribution in [2.24, 2.45) is 0 Å². The molecular formula is C34H46ClNO6S. The predicted octanol–water partition coefficient (Wildman–Crippen LogP) is 8.17. The van der Waals surface area contributed by atoms with Gasteiger partial charge in [-0.1, -0.05) is 63.8 Å². The van der Waals surface area contributed by atoms with Gasteiger partial charge >= 0.3 is 0 Å². The molecule has 0 spiro atoms. The number of halogens is 1. The lowest BCUT2D eigenvalue weighted by Gasteiger charge is -2.48. The lowest BCUT2D eigenvalue weighted by atomic mass is 9.87. The van der Waals surface area contributed by atoms with Crippen molar-refractivity contribution in [1.82, 2.24) is 4.98 Å². The Morgan fingerprint density at radius 3 is 2.26 bits per heavy atom. The molecule has 2 aliphatic rings. The van der Waals surface area contributed by atoms with Gasteiger partial charge in [0.1, 0.15) is 36.3 Å². The van der Waals surface area contributed by atoms with Gasteiger partial charge in [0.15, 0.2) is 0 Å². The van der Waals surface area contributed by atoms with Gasteiger partial charge in [0.05, 0.1) is 21.7 Å². The Kier molecular flexibility index (Phi) is 11.7. The molecular weight excluding hydrogens is 586 g/mol. The van der Waals surface area contributed by atoms with Gasteiger partial charge in [-0.2, -0.15) is 0 Å². The normalized spacial score (nSPS) is 24.8. The van der Waals surface area contributed by atoms with Crippen LogP contribution in [0, 0.1) is 0 Å². The Morgan fingerprint density at radius 1 is 0.953 bits per heavy atom. The van der Waals surface area contributed by atoms with Crippen LogP contribution < -0.4 is 0 Å². The van der Waals surface area contributed by atoms with Crippen molar-refractivity contribution >= 4 is 22.9 Å². The smallest absolute Gasteiger partial charge is 0.145 e. The summed E-state index contributed by atoms with van der Waals surface area (Å²) in [5.74, 6) is 0.806. The van der Waals surface area contributed by atoms with E-state index >= 15 is 0 Å². The second-order valence-electron chi connectivity index (χ2n) is 11.8. The van der Waals surface area contributed by atoms with Crippen molar-refractivity contribution in [2.45, 2.75) is 115 Å². The number of aliphatic hydroxyl groups is 1. The maximum Gasteiger partial charge on any atom is 0.145 e. The fourth-order valence-corrected chi connectivity index (χ4v) is 6.69. The third kappa shape index (κ3) is 8.09. The van der Waals surface area contributed by atoms with Crippen LogP contribution >= 0.6 is 22.9 Å². The van der Waals surface area contributed by atoms with E-state index < -0.39 is 30.0 Å². The zero-order valence-electron chi connectivity index (χ0n) is 25.6. The minimum atomic E-state index is -0.922. The number of unbranched alkanes of at least 4 members (excludes halogenated alkanes) is 3. The predicted molar refractivity (Wildman–Crippen MR) is 170 cm³/mol. The van der Waals surface area contributed by atoms with Gasteiger partial charge in [0, 0.05) is 37.5 Å².